The summed E-state index contributed by atoms with van der Waals surface area (Å²) in [4.78, 5) is 1.75. The lowest BCUT2D eigenvalue weighted by molar-refractivity contribution is 0.626. The molecule has 0 aliphatic heterocycles. The van der Waals surface area contributed by atoms with Gasteiger partial charge < -0.3 is 4.90 Å². The van der Waals surface area contributed by atoms with E-state index in [2.05, 4.69) is 0 Å². The Morgan fingerprint density at radius 2 is 1.80 bits per heavy atom. The van der Waals surface area contributed by atoms with Crippen molar-refractivity contribution in [2.75, 3.05) is 19.0 Å². The summed E-state index contributed by atoms with van der Waals surface area (Å²) in [6.07, 6.45) is 0. The van der Waals surface area contributed by atoms with Gasteiger partial charge in [-0.3, -0.25) is 0 Å². The summed E-state index contributed by atoms with van der Waals surface area (Å²) < 4.78 is 12.8. The molecule has 0 saturated carbocycles. The zero-order valence-electron chi connectivity index (χ0n) is 6.13. The molecule has 0 amide bonds. The number of benzene rings is 1. The Labute approximate surface area is 60.1 Å². The van der Waals surface area contributed by atoms with Crippen molar-refractivity contribution in [2.24, 2.45) is 0 Å². The Morgan fingerprint density at radius 3 is 2.20 bits per heavy atom. The van der Waals surface area contributed by atoms with Crippen LogP contribution in [0.15, 0.2) is 24.3 Å². The molecule has 2 heteroatoms. The molecule has 1 nitrogen and oxygen atoms in total. The van der Waals surface area contributed by atoms with Crippen molar-refractivity contribution in [3.8, 4) is 0 Å². The molecule has 1 rings (SSSR count). The van der Waals surface area contributed by atoms with E-state index in [9.17, 15) is 4.39 Å². The molecule has 0 aliphatic carbocycles. The third-order valence-corrected chi connectivity index (χ3v) is 1.33. The molecule has 0 aliphatic rings. The second kappa shape index (κ2) is 2.69. The molecule has 54 valence electrons. The van der Waals surface area contributed by atoms with Crippen LogP contribution in [0.4, 0.5) is 10.1 Å². The third-order valence-electron chi connectivity index (χ3n) is 1.33. The molecule has 1 aromatic carbocycles. The highest BCUT2D eigenvalue weighted by molar-refractivity contribution is 5.45. The van der Waals surface area contributed by atoms with Crippen LogP contribution in [0.2, 0.25) is 0 Å². The van der Waals surface area contributed by atoms with Crippen LogP contribution in [0.25, 0.3) is 0 Å². The van der Waals surface area contributed by atoms with Crippen molar-refractivity contribution < 1.29 is 4.39 Å². The quantitative estimate of drug-likeness (QED) is 0.574. The molecule has 1 aromatic rings. The van der Waals surface area contributed by atoms with Crippen LogP contribution in [0.5, 0.6) is 0 Å². The first kappa shape index (κ1) is 7.06. The second-order valence-corrected chi connectivity index (χ2v) is 2.35. The number of hydrogen-bond donors (Lipinski definition) is 0. The molecule has 0 bridgehead atoms. The molecule has 0 spiro atoms. The van der Waals surface area contributed by atoms with Crippen molar-refractivity contribution in [1.82, 2.24) is 0 Å². The van der Waals surface area contributed by atoms with E-state index < -0.39 is 0 Å². The van der Waals surface area contributed by atoms with Crippen molar-refractivity contribution in [2.45, 2.75) is 0 Å². The number of para-hydroxylation sites is 1. The Morgan fingerprint density at radius 1 is 1.20 bits per heavy atom. The van der Waals surface area contributed by atoms with E-state index in [1.807, 2.05) is 20.2 Å². The van der Waals surface area contributed by atoms with E-state index in [1.54, 1.807) is 17.0 Å². The van der Waals surface area contributed by atoms with Gasteiger partial charge in [0.1, 0.15) is 5.82 Å². The fourth-order valence-electron chi connectivity index (χ4n) is 0.814. The maximum atomic E-state index is 12.8. The number of anilines is 1. The van der Waals surface area contributed by atoms with Crippen LogP contribution in [-0.2, 0) is 0 Å². The number of nitrogens with zero attached hydrogens (tertiary/aromatic N) is 1. The lowest BCUT2D eigenvalue weighted by Crippen LogP contribution is -2.09. The van der Waals surface area contributed by atoms with E-state index in [4.69, 9.17) is 0 Å². The summed E-state index contributed by atoms with van der Waals surface area (Å²) >= 11 is 0. The molecule has 10 heavy (non-hydrogen) atoms. The van der Waals surface area contributed by atoms with E-state index >= 15 is 0 Å². The first-order chi connectivity index (χ1) is 4.72. The summed E-state index contributed by atoms with van der Waals surface area (Å²) in [6, 6.07) is 6.70. The van der Waals surface area contributed by atoms with Gasteiger partial charge in [-0.15, -0.1) is 0 Å². The van der Waals surface area contributed by atoms with Gasteiger partial charge in [-0.05, 0) is 12.1 Å². The molecule has 0 atom stereocenters. The van der Waals surface area contributed by atoms with Gasteiger partial charge in [0.2, 0.25) is 0 Å². The zero-order chi connectivity index (χ0) is 7.56. The standard InChI is InChI=1S/C8H10FN/c1-10(2)8-6-4-3-5-7(8)9/h3-6H,1-2H3. The SMILES string of the molecule is CN(C)c1ccccc1F. The van der Waals surface area contributed by atoms with E-state index in [0.717, 1.165) is 0 Å². The van der Waals surface area contributed by atoms with Gasteiger partial charge in [0, 0.05) is 14.1 Å². The second-order valence-electron chi connectivity index (χ2n) is 2.35. The summed E-state index contributed by atoms with van der Waals surface area (Å²) in [5.74, 6) is -0.174. The molecule has 0 fully saturated rings. The molecule has 0 saturated heterocycles. The highest BCUT2D eigenvalue weighted by Gasteiger charge is 1.99. The fraction of sp³-hybridized carbons (Fsp3) is 0.250. The summed E-state index contributed by atoms with van der Waals surface area (Å²) in [7, 11) is 3.64. The Balaban J connectivity index is 3.03. The van der Waals surface area contributed by atoms with E-state index in [1.165, 1.54) is 6.07 Å². The summed E-state index contributed by atoms with van der Waals surface area (Å²) in [5, 5.41) is 0. The highest BCUT2D eigenvalue weighted by Crippen LogP contribution is 2.14. The molecule has 0 N–H and O–H groups in total. The average molecular weight is 139 g/mol. The summed E-state index contributed by atoms with van der Waals surface area (Å²) in [5.41, 5.74) is 0.627. The fourth-order valence-corrected chi connectivity index (χ4v) is 0.814. The average Bonchev–Trinajstić information content (AvgIpc) is 1.88. The topological polar surface area (TPSA) is 3.24 Å². The lowest BCUT2D eigenvalue weighted by atomic mass is 10.3. The minimum atomic E-state index is -0.174. The van der Waals surface area contributed by atoms with Gasteiger partial charge in [-0.25, -0.2) is 4.39 Å². The zero-order valence-corrected chi connectivity index (χ0v) is 6.13. The third kappa shape index (κ3) is 1.26. The van der Waals surface area contributed by atoms with Crippen LogP contribution in [-0.4, -0.2) is 14.1 Å². The van der Waals surface area contributed by atoms with Gasteiger partial charge in [0.05, 0.1) is 5.69 Å². The van der Waals surface area contributed by atoms with Crippen LogP contribution in [0.1, 0.15) is 0 Å². The van der Waals surface area contributed by atoms with Crippen LogP contribution in [0, 0.1) is 5.82 Å². The molecule has 0 aromatic heterocycles. The van der Waals surface area contributed by atoms with Crippen LogP contribution in [0.3, 0.4) is 0 Å². The lowest BCUT2D eigenvalue weighted by Gasteiger charge is -2.11. The van der Waals surface area contributed by atoms with E-state index in [-0.39, 0.29) is 5.82 Å². The van der Waals surface area contributed by atoms with Crippen molar-refractivity contribution >= 4 is 5.69 Å². The van der Waals surface area contributed by atoms with Crippen LogP contribution >= 0.6 is 0 Å². The van der Waals surface area contributed by atoms with Gasteiger partial charge in [-0.2, -0.15) is 0 Å². The van der Waals surface area contributed by atoms with Gasteiger partial charge in [0.15, 0.2) is 0 Å². The van der Waals surface area contributed by atoms with Crippen molar-refractivity contribution in [1.29, 1.82) is 0 Å². The van der Waals surface area contributed by atoms with Gasteiger partial charge >= 0.3 is 0 Å². The number of halogens is 1. The predicted octanol–water partition coefficient (Wildman–Crippen LogP) is 1.89. The first-order valence-corrected chi connectivity index (χ1v) is 3.13. The molecule has 0 unspecified atom stereocenters. The van der Waals surface area contributed by atoms with E-state index in [0.29, 0.717) is 5.69 Å². The Bertz CT molecular complexity index is 220. The first-order valence-electron chi connectivity index (χ1n) is 3.13. The maximum absolute atomic E-state index is 12.8. The predicted molar refractivity (Wildman–Crippen MR) is 40.7 cm³/mol. The molecular formula is C8H10FN. The largest absolute Gasteiger partial charge is 0.375 e. The molecule has 0 radical (unpaired) electrons. The minimum absolute atomic E-state index is 0.174. The number of rotatable bonds is 1. The van der Waals surface area contributed by atoms with Gasteiger partial charge in [-0.1, -0.05) is 12.1 Å². The Hall–Kier alpha value is -1.05. The van der Waals surface area contributed by atoms with Gasteiger partial charge in [0.25, 0.3) is 0 Å². The molecule has 0 heterocycles. The highest BCUT2D eigenvalue weighted by atomic mass is 19.1. The van der Waals surface area contributed by atoms with Crippen molar-refractivity contribution in [3.63, 3.8) is 0 Å². The van der Waals surface area contributed by atoms with Crippen molar-refractivity contribution in [3.05, 3.63) is 30.1 Å². The molecular weight excluding hydrogens is 129 g/mol. The number of hydrogen-bond acceptors (Lipinski definition) is 1. The maximum Gasteiger partial charge on any atom is 0.146 e. The normalized spacial score (nSPS) is 9.50. The monoisotopic (exact) mass is 139 g/mol. The summed E-state index contributed by atoms with van der Waals surface area (Å²) in [6.45, 7) is 0. The van der Waals surface area contributed by atoms with Crippen LogP contribution < -0.4 is 4.90 Å². The Kier molecular flexibility index (Phi) is 1.90. The minimum Gasteiger partial charge on any atom is -0.375 e. The smallest absolute Gasteiger partial charge is 0.146 e.